The number of sulfonamides is 1. The third kappa shape index (κ3) is 3.46. The molecule has 106 valence electrons. The molecule has 0 amide bonds. The predicted octanol–water partition coefficient (Wildman–Crippen LogP) is 1.23. The first-order valence-corrected chi connectivity index (χ1v) is 7.49. The average molecular weight is 292 g/mol. The summed E-state index contributed by atoms with van der Waals surface area (Å²) in [6.07, 6.45) is 0. The first-order valence-electron chi connectivity index (χ1n) is 5.95. The number of primary sulfonamides is 1. The molecule has 2 rings (SSSR count). The van der Waals surface area contributed by atoms with Crippen molar-refractivity contribution < 1.29 is 8.42 Å². The summed E-state index contributed by atoms with van der Waals surface area (Å²) in [5, 5.41) is 8.16. The van der Waals surface area contributed by atoms with Gasteiger partial charge in [-0.1, -0.05) is 6.07 Å². The summed E-state index contributed by atoms with van der Waals surface area (Å²) >= 11 is 0. The Kier molecular flexibility index (Phi) is 3.91. The van der Waals surface area contributed by atoms with E-state index in [1.807, 2.05) is 25.1 Å². The molecule has 0 spiro atoms. The molecule has 0 aliphatic carbocycles. The van der Waals surface area contributed by atoms with E-state index in [4.69, 9.17) is 10.9 Å². The molecule has 0 fully saturated rings. The fraction of sp³-hybridized carbons (Fsp3) is 0.154. The van der Waals surface area contributed by atoms with E-state index in [1.165, 1.54) is 18.2 Å². The van der Waals surface area contributed by atoms with Crippen molar-refractivity contribution >= 4 is 21.4 Å². The molecule has 7 heteroatoms. The Morgan fingerprint density at radius 3 is 2.65 bits per heavy atom. The quantitative estimate of drug-likeness (QED) is 0.734. The van der Waals surface area contributed by atoms with E-state index in [2.05, 4.69) is 10.3 Å². The standard InChI is InChI=1S/C13H16N4O2S/c1-9-3-2-4-10(17-9)8-16-13-7-11(20(15,18)19)5-6-12(13)14/h2-7,16H,8,14H2,1H3,(H2,15,18,19). The number of nitrogens with two attached hydrogens (primary N) is 2. The monoisotopic (exact) mass is 292 g/mol. The molecular formula is C13H16N4O2S. The molecule has 1 heterocycles. The number of pyridine rings is 1. The number of nitrogen functional groups attached to an aromatic ring is 1. The summed E-state index contributed by atoms with van der Waals surface area (Å²) in [7, 11) is -3.74. The van der Waals surface area contributed by atoms with Crippen molar-refractivity contribution in [2.75, 3.05) is 11.1 Å². The summed E-state index contributed by atoms with van der Waals surface area (Å²) in [6.45, 7) is 2.35. The zero-order chi connectivity index (χ0) is 14.8. The number of nitrogens with zero attached hydrogens (tertiary/aromatic N) is 1. The summed E-state index contributed by atoms with van der Waals surface area (Å²) in [5.41, 5.74) is 8.52. The second-order valence-corrected chi connectivity index (χ2v) is 5.98. The summed E-state index contributed by atoms with van der Waals surface area (Å²) in [5.74, 6) is 0. The zero-order valence-electron chi connectivity index (χ0n) is 11.0. The van der Waals surface area contributed by atoms with Gasteiger partial charge in [0.2, 0.25) is 10.0 Å². The fourth-order valence-electron chi connectivity index (χ4n) is 1.75. The molecule has 0 saturated heterocycles. The Hall–Kier alpha value is -2.12. The van der Waals surface area contributed by atoms with Crippen LogP contribution in [0.4, 0.5) is 11.4 Å². The Morgan fingerprint density at radius 2 is 2.00 bits per heavy atom. The lowest BCUT2D eigenvalue weighted by Gasteiger charge is -2.10. The molecule has 0 aliphatic rings. The maximum Gasteiger partial charge on any atom is 0.238 e. The van der Waals surface area contributed by atoms with Gasteiger partial charge in [-0.05, 0) is 37.3 Å². The minimum atomic E-state index is -3.74. The van der Waals surface area contributed by atoms with E-state index in [0.29, 0.717) is 17.9 Å². The van der Waals surface area contributed by atoms with Gasteiger partial charge in [0.05, 0.1) is 28.5 Å². The maximum absolute atomic E-state index is 11.3. The minimum Gasteiger partial charge on any atom is -0.397 e. The van der Waals surface area contributed by atoms with Gasteiger partial charge in [-0.25, -0.2) is 13.6 Å². The van der Waals surface area contributed by atoms with Crippen LogP contribution in [0.2, 0.25) is 0 Å². The van der Waals surface area contributed by atoms with Crippen LogP contribution in [-0.4, -0.2) is 13.4 Å². The molecule has 0 saturated carbocycles. The van der Waals surface area contributed by atoms with Crippen molar-refractivity contribution in [1.29, 1.82) is 0 Å². The number of anilines is 2. The number of nitrogens with one attached hydrogen (secondary N) is 1. The van der Waals surface area contributed by atoms with Crippen molar-refractivity contribution in [3.63, 3.8) is 0 Å². The Labute approximate surface area is 117 Å². The summed E-state index contributed by atoms with van der Waals surface area (Å²) in [6, 6.07) is 9.98. The van der Waals surface area contributed by atoms with Crippen molar-refractivity contribution in [2.45, 2.75) is 18.4 Å². The van der Waals surface area contributed by atoms with Gasteiger partial charge in [-0.15, -0.1) is 0 Å². The first-order chi connectivity index (χ1) is 9.36. The third-order valence-electron chi connectivity index (χ3n) is 2.76. The van der Waals surface area contributed by atoms with Gasteiger partial charge in [-0.3, -0.25) is 4.98 Å². The maximum atomic E-state index is 11.3. The van der Waals surface area contributed by atoms with Crippen molar-refractivity contribution in [1.82, 2.24) is 4.98 Å². The first kappa shape index (κ1) is 14.3. The van der Waals surface area contributed by atoms with Crippen LogP contribution in [-0.2, 0) is 16.6 Å². The van der Waals surface area contributed by atoms with Crippen LogP contribution in [0.5, 0.6) is 0 Å². The second kappa shape index (κ2) is 5.48. The lowest BCUT2D eigenvalue weighted by Crippen LogP contribution is -2.13. The van der Waals surface area contributed by atoms with Crippen LogP contribution >= 0.6 is 0 Å². The van der Waals surface area contributed by atoms with Crippen LogP contribution in [0, 0.1) is 6.92 Å². The molecule has 2 aromatic rings. The third-order valence-corrected chi connectivity index (χ3v) is 3.67. The Bertz CT molecular complexity index is 729. The van der Waals surface area contributed by atoms with Gasteiger partial charge in [-0.2, -0.15) is 0 Å². The fourth-order valence-corrected chi connectivity index (χ4v) is 2.29. The van der Waals surface area contributed by atoms with Crippen LogP contribution < -0.4 is 16.2 Å². The van der Waals surface area contributed by atoms with Crippen molar-refractivity contribution in [3.05, 3.63) is 47.8 Å². The Balaban J connectivity index is 2.21. The molecule has 1 aromatic carbocycles. The highest BCUT2D eigenvalue weighted by Crippen LogP contribution is 2.22. The van der Waals surface area contributed by atoms with Gasteiger partial charge in [0.15, 0.2) is 0 Å². The van der Waals surface area contributed by atoms with Crippen LogP contribution in [0.15, 0.2) is 41.3 Å². The van der Waals surface area contributed by atoms with E-state index in [1.54, 1.807) is 0 Å². The van der Waals surface area contributed by atoms with Crippen LogP contribution in [0.3, 0.4) is 0 Å². The smallest absolute Gasteiger partial charge is 0.238 e. The van der Waals surface area contributed by atoms with Crippen molar-refractivity contribution in [2.24, 2.45) is 5.14 Å². The number of aromatic nitrogens is 1. The molecule has 0 bridgehead atoms. The molecule has 0 atom stereocenters. The van der Waals surface area contributed by atoms with Crippen LogP contribution in [0.25, 0.3) is 0 Å². The highest BCUT2D eigenvalue weighted by atomic mass is 32.2. The number of rotatable bonds is 4. The molecular weight excluding hydrogens is 276 g/mol. The van der Waals surface area contributed by atoms with Gasteiger partial charge < -0.3 is 11.1 Å². The lowest BCUT2D eigenvalue weighted by atomic mass is 10.2. The summed E-state index contributed by atoms with van der Waals surface area (Å²) < 4.78 is 22.6. The van der Waals surface area contributed by atoms with E-state index in [9.17, 15) is 8.42 Å². The minimum absolute atomic E-state index is 0.0198. The molecule has 0 radical (unpaired) electrons. The number of aryl methyl sites for hydroxylation is 1. The normalized spacial score (nSPS) is 11.3. The highest BCUT2D eigenvalue weighted by molar-refractivity contribution is 7.89. The average Bonchev–Trinajstić information content (AvgIpc) is 2.36. The van der Waals surface area contributed by atoms with E-state index < -0.39 is 10.0 Å². The zero-order valence-corrected chi connectivity index (χ0v) is 11.8. The van der Waals surface area contributed by atoms with Gasteiger partial charge in [0.1, 0.15) is 0 Å². The summed E-state index contributed by atoms with van der Waals surface area (Å²) in [4.78, 5) is 4.36. The molecule has 5 N–H and O–H groups in total. The number of benzene rings is 1. The van der Waals surface area contributed by atoms with Crippen molar-refractivity contribution in [3.8, 4) is 0 Å². The predicted molar refractivity (Wildman–Crippen MR) is 78.5 cm³/mol. The topological polar surface area (TPSA) is 111 Å². The molecule has 20 heavy (non-hydrogen) atoms. The molecule has 6 nitrogen and oxygen atoms in total. The SMILES string of the molecule is Cc1cccc(CNc2cc(S(N)(=O)=O)ccc2N)n1. The Morgan fingerprint density at radius 1 is 1.25 bits per heavy atom. The van der Waals surface area contributed by atoms with Crippen LogP contribution in [0.1, 0.15) is 11.4 Å². The van der Waals surface area contributed by atoms with E-state index >= 15 is 0 Å². The molecule has 0 aliphatic heterocycles. The van der Waals surface area contributed by atoms with Gasteiger partial charge in [0.25, 0.3) is 0 Å². The molecule has 0 unspecified atom stereocenters. The largest absolute Gasteiger partial charge is 0.397 e. The van der Waals surface area contributed by atoms with Gasteiger partial charge in [0, 0.05) is 5.69 Å². The second-order valence-electron chi connectivity index (χ2n) is 4.42. The number of hydrogen-bond donors (Lipinski definition) is 3. The van der Waals surface area contributed by atoms with E-state index in [0.717, 1.165) is 11.4 Å². The highest BCUT2D eigenvalue weighted by Gasteiger charge is 2.10. The molecule has 1 aromatic heterocycles. The van der Waals surface area contributed by atoms with E-state index in [-0.39, 0.29) is 4.90 Å². The van der Waals surface area contributed by atoms with Gasteiger partial charge >= 0.3 is 0 Å². The lowest BCUT2D eigenvalue weighted by molar-refractivity contribution is 0.598. The number of hydrogen-bond acceptors (Lipinski definition) is 5.